The zero-order valence-electron chi connectivity index (χ0n) is 40.4. The largest absolute Gasteiger partial charge is 0.508 e. The number of carboxylic acid groups (broad SMARTS) is 1. The average Bonchev–Trinajstić information content (AvgIpc) is 3.82. The highest BCUT2D eigenvalue weighted by molar-refractivity contribution is 5.98. The van der Waals surface area contributed by atoms with Gasteiger partial charge in [0.15, 0.2) is 5.96 Å². The maximum Gasteiger partial charge on any atom is 0.326 e. The fourth-order valence-electron chi connectivity index (χ4n) is 6.74. The van der Waals surface area contributed by atoms with Crippen molar-refractivity contribution >= 4 is 65.1 Å². The molecule has 1 aromatic heterocycles. The van der Waals surface area contributed by atoms with E-state index in [9.17, 15) is 58.2 Å². The van der Waals surface area contributed by atoms with Gasteiger partial charge in [-0.15, -0.1) is 0 Å². The number of guanidine groups is 1. The summed E-state index contributed by atoms with van der Waals surface area (Å²) in [5.41, 5.74) is 22.5. The Morgan fingerprint density at radius 2 is 1.31 bits per heavy atom. The SMILES string of the molecule is CC[C@H](C)[C@H](NC(=O)[C@H](CCCN=C(N)N)NC(=O)CN)C(=O)N[C@@H](CC(C)C)C(=O)N[C@@H](Cc1cnc[nH]1)C(=O)N[C@@H](CC(N)=O)C(=O)NCC(=O)N[C@@H](C)C(=O)N[C@@H](Cc1ccc(O)cc1)C(=O)O. The van der Waals surface area contributed by atoms with Crippen LogP contribution in [0.2, 0.25) is 0 Å². The number of nitrogens with zero attached hydrogens (tertiary/aromatic N) is 2. The number of aliphatic imine (C=N–C) groups is 1. The van der Waals surface area contributed by atoms with E-state index in [0.29, 0.717) is 17.7 Å². The van der Waals surface area contributed by atoms with Crippen LogP contribution in [-0.2, 0) is 60.8 Å². The number of carbonyl (C=O) groups is 10. The van der Waals surface area contributed by atoms with Gasteiger partial charge in [-0.3, -0.25) is 48.1 Å². The normalized spacial score (nSPS) is 14.3. The Kier molecular flexibility index (Phi) is 25.0. The van der Waals surface area contributed by atoms with Gasteiger partial charge in [0.25, 0.3) is 0 Å². The molecule has 71 heavy (non-hydrogen) atoms. The predicted molar refractivity (Wildman–Crippen MR) is 256 cm³/mol. The Labute approximate surface area is 410 Å². The number of hydrogen-bond acceptors (Lipinski definition) is 14. The van der Waals surface area contributed by atoms with Gasteiger partial charge in [0.2, 0.25) is 53.2 Å². The number of aromatic hydroxyl groups is 1. The second-order valence-electron chi connectivity index (χ2n) is 17.2. The number of amides is 9. The number of aliphatic carboxylic acids is 1. The first-order chi connectivity index (χ1) is 33.4. The lowest BCUT2D eigenvalue weighted by Crippen LogP contribution is -2.61. The number of phenols is 1. The van der Waals surface area contributed by atoms with Gasteiger partial charge >= 0.3 is 5.97 Å². The third-order valence-electron chi connectivity index (χ3n) is 10.8. The van der Waals surface area contributed by atoms with Crippen molar-refractivity contribution in [1.29, 1.82) is 0 Å². The summed E-state index contributed by atoms with van der Waals surface area (Å²) in [5.74, 6) is -10.1. The van der Waals surface area contributed by atoms with E-state index in [1.165, 1.54) is 43.7 Å². The lowest BCUT2D eigenvalue weighted by atomic mass is 9.96. The van der Waals surface area contributed by atoms with Gasteiger partial charge in [0, 0.05) is 31.3 Å². The van der Waals surface area contributed by atoms with Crippen LogP contribution in [0.25, 0.3) is 0 Å². The van der Waals surface area contributed by atoms with Crippen LogP contribution < -0.4 is 65.5 Å². The molecule has 9 amide bonds. The van der Waals surface area contributed by atoms with Crippen molar-refractivity contribution in [3.63, 3.8) is 0 Å². The lowest BCUT2D eigenvalue weighted by Gasteiger charge is -2.29. The highest BCUT2D eigenvalue weighted by atomic mass is 16.4. The van der Waals surface area contributed by atoms with E-state index < -0.39 is 127 Å². The summed E-state index contributed by atoms with van der Waals surface area (Å²) in [5, 5.41) is 38.9. The summed E-state index contributed by atoms with van der Waals surface area (Å²) in [7, 11) is 0. The van der Waals surface area contributed by atoms with Crippen molar-refractivity contribution in [3.05, 3.63) is 48.0 Å². The Morgan fingerprint density at radius 1 is 0.704 bits per heavy atom. The molecule has 0 radical (unpaired) electrons. The van der Waals surface area contributed by atoms with Gasteiger partial charge in [0.05, 0.1) is 25.8 Å². The third-order valence-corrected chi connectivity index (χ3v) is 10.8. The smallest absolute Gasteiger partial charge is 0.326 e. The van der Waals surface area contributed by atoms with E-state index in [2.05, 4.69) is 57.5 Å². The zero-order chi connectivity index (χ0) is 53.4. The zero-order valence-corrected chi connectivity index (χ0v) is 40.4. The number of nitrogens with two attached hydrogens (primary N) is 4. The molecule has 27 heteroatoms. The summed E-state index contributed by atoms with van der Waals surface area (Å²) in [6.07, 6.45) is 2.35. The number of aromatic nitrogens is 2. The average molecular weight is 1000 g/mol. The maximum absolute atomic E-state index is 14.1. The molecule has 2 rings (SSSR count). The molecule has 0 aliphatic rings. The Balaban J connectivity index is 2.25. The van der Waals surface area contributed by atoms with E-state index in [-0.39, 0.29) is 56.3 Å². The van der Waals surface area contributed by atoms with E-state index in [1.54, 1.807) is 27.7 Å². The minimum atomic E-state index is -1.69. The molecule has 1 heterocycles. The molecule has 0 aliphatic heterocycles. The molecule has 2 aromatic rings. The highest BCUT2D eigenvalue weighted by Gasteiger charge is 2.35. The minimum absolute atomic E-state index is 0.0402. The molecule has 19 N–H and O–H groups in total. The monoisotopic (exact) mass is 1000 g/mol. The summed E-state index contributed by atoms with van der Waals surface area (Å²) >= 11 is 0. The third kappa shape index (κ3) is 22.0. The van der Waals surface area contributed by atoms with Crippen molar-refractivity contribution in [2.45, 2.75) is 122 Å². The molecule has 0 fully saturated rings. The molecule has 0 aliphatic carbocycles. The summed E-state index contributed by atoms with van der Waals surface area (Å²) in [6.45, 7) is 7.27. The van der Waals surface area contributed by atoms with E-state index in [0.717, 1.165) is 0 Å². The topological polar surface area (TPSA) is 453 Å². The molecule has 0 saturated heterocycles. The van der Waals surface area contributed by atoms with Gasteiger partial charge in [-0.05, 0) is 55.7 Å². The number of H-pyrrole nitrogens is 1. The number of nitrogens with one attached hydrogen (secondary N) is 9. The number of carbonyl (C=O) groups excluding carboxylic acids is 9. The molecule has 0 spiro atoms. The van der Waals surface area contributed by atoms with Crippen molar-refractivity contribution in [2.24, 2.45) is 39.8 Å². The van der Waals surface area contributed by atoms with Crippen LogP contribution in [0.1, 0.15) is 78.0 Å². The molecular weight excluding hydrogens is 931 g/mol. The molecule has 392 valence electrons. The van der Waals surface area contributed by atoms with Crippen LogP contribution in [0.5, 0.6) is 5.75 Å². The van der Waals surface area contributed by atoms with Crippen LogP contribution >= 0.6 is 0 Å². The first kappa shape index (κ1) is 59.3. The molecular formula is C44H69N15O12. The van der Waals surface area contributed by atoms with Crippen molar-refractivity contribution < 1.29 is 58.2 Å². The number of hydrogen-bond donors (Lipinski definition) is 15. The van der Waals surface area contributed by atoms with Gasteiger partial charge in [-0.1, -0.05) is 46.2 Å². The van der Waals surface area contributed by atoms with Crippen LogP contribution in [-0.4, -0.2) is 147 Å². The second kappa shape index (κ2) is 29.9. The molecule has 27 nitrogen and oxygen atoms in total. The number of benzene rings is 1. The van der Waals surface area contributed by atoms with E-state index in [4.69, 9.17) is 22.9 Å². The quantitative estimate of drug-likeness (QED) is 0.0192. The van der Waals surface area contributed by atoms with Crippen LogP contribution in [0.4, 0.5) is 0 Å². The molecule has 0 bridgehead atoms. The van der Waals surface area contributed by atoms with Crippen LogP contribution in [0.3, 0.4) is 0 Å². The van der Waals surface area contributed by atoms with Gasteiger partial charge in [0.1, 0.15) is 48.0 Å². The van der Waals surface area contributed by atoms with Gasteiger partial charge in [-0.2, -0.15) is 0 Å². The Morgan fingerprint density at radius 3 is 1.87 bits per heavy atom. The molecule has 0 saturated carbocycles. The number of rotatable bonds is 31. The summed E-state index contributed by atoms with van der Waals surface area (Å²) < 4.78 is 0. The fraction of sp³-hybridized carbons (Fsp3) is 0.545. The number of primary amides is 1. The number of carboxylic acids is 1. The molecule has 8 atom stereocenters. The van der Waals surface area contributed by atoms with Crippen molar-refractivity contribution in [2.75, 3.05) is 19.6 Å². The maximum atomic E-state index is 14.1. The van der Waals surface area contributed by atoms with Crippen molar-refractivity contribution in [1.82, 2.24) is 52.5 Å². The predicted octanol–water partition coefficient (Wildman–Crippen LogP) is -4.51. The highest BCUT2D eigenvalue weighted by Crippen LogP contribution is 2.14. The minimum Gasteiger partial charge on any atom is -0.508 e. The number of imidazole rings is 1. The first-order valence-corrected chi connectivity index (χ1v) is 22.8. The van der Waals surface area contributed by atoms with Gasteiger partial charge in [-0.25, -0.2) is 9.78 Å². The van der Waals surface area contributed by atoms with Crippen LogP contribution in [0, 0.1) is 11.8 Å². The second-order valence-corrected chi connectivity index (χ2v) is 17.2. The lowest BCUT2D eigenvalue weighted by molar-refractivity contribution is -0.142. The summed E-state index contributed by atoms with van der Waals surface area (Å²) in [4.78, 5) is 142. The Hall–Kier alpha value is -7.84. The Bertz CT molecular complexity index is 2170. The molecule has 1 aromatic carbocycles. The van der Waals surface area contributed by atoms with Crippen LogP contribution in [0.15, 0.2) is 41.8 Å². The fourth-order valence-corrected chi connectivity index (χ4v) is 6.74. The standard InChI is InChI=1S/C44H69N15O12/c1-6-23(4)36(59-39(66)28(54-34(62)18-45)8-7-13-50-44(47)48)42(69)57-29(14-22(2)3)40(67)55-30(16-26-19-49-21-52-26)41(68)56-31(17-33(46)61)38(65)51-20-35(63)53-24(5)37(64)58-32(43(70)71)15-25-9-11-27(60)12-10-25/h9-12,19,21-24,28-32,36,60H,6-8,13-18,20,45H2,1-5H3,(H2,46,61)(H,49,52)(H,51,65)(H,53,63)(H,54,62)(H,55,67)(H,56,68)(H,57,69)(H,58,64)(H,59,66)(H,70,71)(H4,47,48,50)/t23-,24-,28-,29-,30-,31-,32-,36-/m0/s1. The van der Waals surface area contributed by atoms with E-state index in [1.807, 2.05) is 0 Å². The first-order valence-electron chi connectivity index (χ1n) is 22.8. The summed E-state index contributed by atoms with van der Waals surface area (Å²) in [6, 6.07) is -3.84. The van der Waals surface area contributed by atoms with Gasteiger partial charge < -0.3 is 80.7 Å². The number of phenolic OH excluding ortho intramolecular Hbond substituents is 1. The van der Waals surface area contributed by atoms with E-state index >= 15 is 0 Å². The van der Waals surface area contributed by atoms with Crippen molar-refractivity contribution in [3.8, 4) is 5.75 Å². The number of aromatic amines is 1. The molecule has 0 unspecified atom stereocenters.